The summed E-state index contributed by atoms with van der Waals surface area (Å²) in [7, 11) is 0. The molecule has 0 saturated carbocycles. The van der Waals surface area contributed by atoms with Crippen molar-refractivity contribution >= 4 is 32.6 Å². The summed E-state index contributed by atoms with van der Waals surface area (Å²) in [6, 6.07) is 14.0. The quantitative estimate of drug-likeness (QED) is 0.436. The van der Waals surface area contributed by atoms with Crippen molar-refractivity contribution in [3.05, 3.63) is 88.2 Å². The van der Waals surface area contributed by atoms with E-state index in [0.717, 1.165) is 32.5 Å². The third kappa shape index (κ3) is 3.78. The van der Waals surface area contributed by atoms with Crippen molar-refractivity contribution in [3.8, 4) is 0 Å². The van der Waals surface area contributed by atoms with Gasteiger partial charge in [-0.1, -0.05) is 41.2 Å². The van der Waals surface area contributed by atoms with Crippen LogP contribution in [-0.2, 0) is 6.54 Å². The molecule has 2 heterocycles. The molecule has 0 aliphatic carbocycles. The molecule has 0 bridgehead atoms. The lowest BCUT2D eigenvalue weighted by atomic mass is 10.0. The number of hydrogen-bond donors (Lipinski definition) is 0. The van der Waals surface area contributed by atoms with Gasteiger partial charge in [0.1, 0.15) is 0 Å². The lowest BCUT2D eigenvalue weighted by Gasteiger charge is -2.21. The minimum Gasteiger partial charge on any atom is -0.279 e. The molecular formula is C24H23N3OS. The number of nitrogens with zero attached hydrogens (tertiary/aromatic N) is 3. The first-order valence-corrected chi connectivity index (χ1v) is 10.4. The minimum absolute atomic E-state index is 0.0419. The van der Waals surface area contributed by atoms with E-state index in [1.807, 2.05) is 44.2 Å². The topological polar surface area (TPSA) is 46.1 Å². The van der Waals surface area contributed by atoms with Crippen molar-refractivity contribution in [1.82, 2.24) is 9.97 Å². The van der Waals surface area contributed by atoms with Crippen LogP contribution in [0.15, 0.2) is 54.9 Å². The maximum Gasteiger partial charge on any atom is 0.260 e. The number of anilines is 1. The zero-order chi connectivity index (χ0) is 20.5. The average molecular weight is 402 g/mol. The van der Waals surface area contributed by atoms with Gasteiger partial charge >= 0.3 is 0 Å². The molecule has 2 aromatic carbocycles. The summed E-state index contributed by atoms with van der Waals surface area (Å²) in [5.41, 5.74) is 7.11. The number of carbonyl (C=O) groups is 1. The zero-order valence-electron chi connectivity index (χ0n) is 17.1. The second kappa shape index (κ2) is 7.76. The van der Waals surface area contributed by atoms with Crippen LogP contribution in [0.1, 0.15) is 38.2 Å². The number of thiazole rings is 1. The third-order valence-corrected chi connectivity index (χ3v) is 6.27. The normalized spacial score (nSPS) is 11.0. The van der Waals surface area contributed by atoms with Gasteiger partial charge in [0.15, 0.2) is 5.13 Å². The summed E-state index contributed by atoms with van der Waals surface area (Å²) in [5.74, 6) is -0.0419. The van der Waals surface area contributed by atoms with Gasteiger partial charge in [0.25, 0.3) is 5.91 Å². The smallest absolute Gasteiger partial charge is 0.260 e. The Labute approximate surface area is 174 Å². The fourth-order valence-corrected chi connectivity index (χ4v) is 4.45. The number of hydrogen-bond acceptors (Lipinski definition) is 4. The number of aromatic nitrogens is 2. The number of carbonyl (C=O) groups excluding carboxylic acids is 1. The Balaban J connectivity index is 1.82. The van der Waals surface area contributed by atoms with Crippen LogP contribution in [-0.4, -0.2) is 15.9 Å². The van der Waals surface area contributed by atoms with Crippen molar-refractivity contribution in [2.75, 3.05) is 4.90 Å². The van der Waals surface area contributed by atoms with Gasteiger partial charge < -0.3 is 0 Å². The number of rotatable bonds is 4. The molecular weight excluding hydrogens is 378 g/mol. The summed E-state index contributed by atoms with van der Waals surface area (Å²) in [6.45, 7) is 8.61. The number of aryl methyl sites for hydroxylation is 4. The van der Waals surface area contributed by atoms with Crippen LogP contribution in [0.3, 0.4) is 0 Å². The summed E-state index contributed by atoms with van der Waals surface area (Å²) < 4.78 is 1.09. The van der Waals surface area contributed by atoms with Gasteiger partial charge in [-0.15, -0.1) is 0 Å². The first-order valence-electron chi connectivity index (χ1n) is 9.59. The van der Waals surface area contributed by atoms with E-state index in [2.05, 4.69) is 31.0 Å². The molecule has 0 saturated heterocycles. The van der Waals surface area contributed by atoms with E-state index in [4.69, 9.17) is 4.98 Å². The van der Waals surface area contributed by atoms with Crippen LogP contribution in [0.2, 0.25) is 0 Å². The van der Waals surface area contributed by atoms with E-state index in [-0.39, 0.29) is 5.91 Å². The molecule has 0 spiro atoms. The van der Waals surface area contributed by atoms with Gasteiger partial charge in [-0.2, -0.15) is 0 Å². The third-order valence-electron chi connectivity index (χ3n) is 5.23. The van der Waals surface area contributed by atoms with Crippen LogP contribution in [0.5, 0.6) is 0 Å². The van der Waals surface area contributed by atoms with Gasteiger partial charge in [-0.3, -0.25) is 14.7 Å². The lowest BCUT2D eigenvalue weighted by molar-refractivity contribution is 0.0984. The van der Waals surface area contributed by atoms with Crippen LogP contribution < -0.4 is 4.90 Å². The summed E-state index contributed by atoms with van der Waals surface area (Å²) >= 11 is 1.55. The Hall–Kier alpha value is -3.05. The van der Waals surface area contributed by atoms with Crippen LogP contribution in [0.25, 0.3) is 10.2 Å². The predicted molar refractivity (Wildman–Crippen MR) is 120 cm³/mol. The van der Waals surface area contributed by atoms with E-state index in [1.165, 1.54) is 5.56 Å². The van der Waals surface area contributed by atoms with Gasteiger partial charge in [0, 0.05) is 18.0 Å². The highest BCUT2D eigenvalue weighted by Gasteiger charge is 2.23. The second-order valence-electron chi connectivity index (χ2n) is 7.42. The Kier molecular flexibility index (Phi) is 5.16. The monoisotopic (exact) mass is 401 g/mol. The maximum absolute atomic E-state index is 13.6. The number of benzene rings is 2. The zero-order valence-corrected chi connectivity index (χ0v) is 17.9. The Morgan fingerprint density at radius 1 is 1.03 bits per heavy atom. The van der Waals surface area contributed by atoms with E-state index in [0.29, 0.717) is 17.2 Å². The maximum atomic E-state index is 13.6. The van der Waals surface area contributed by atoms with Crippen molar-refractivity contribution < 1.29 is 4.79 Å². The van der Waals surface area contributed by atoms with Crippen LogP contribution in [0, 0.1) is 27.7 Å². The predicted octanol–water partition coefficient (Wildman–Crippen LogP) is 5.77. The average Bonchev–Trinajstić information content (AvgIpc) is 3.14. The van der Waals surface area contributed by atoms with Crippen LogP contribution >= 0.6 is 11.3 Å². The molecule has 0 aliphatic rings. The second-order valence-corrected chi connectivity index (χ2v) is 8.43. The fourth-order valence-electron chi connectivity index (χ4n) is 3.43. The Morgan fingerprint density at radius 2 is 1.86 bits per heavy atom. The SMILES string of the molecule is Cc1ccc(C(=O)N(Cc2cccnc2)c2nc3c(C)c(C)ccc3s2)c(C)c1. The number of fused-ring (bicyclic) bond motifs is 1. The highest BCUT2D eigenvalue weighted by atomic mass is 32.1. The summed E-state index contributed by atoms with van der Waals surface area (Å²) in [5, 5.41) is 0.711. The van der Waals surface area contributed by atoms with Crippen molar-refractivity contribution in [2.24, 2.45) is 0 Å². The number of pyridine rings is 1. The standard InChI is InChI=1S/C24H23N3OS/c1-15-7-9-20(17(3)12-15)23(28)27(14-19-6-5-11-25-13-19)24-26-22-18(4)16(2)8-10-21(22)29-24/h5-13H,14H2,1-4H3. The minimum atomic E-state index is -0.0419. The Morgan fingerprint density at radius 3 is 2.59 bits per heavy atom. The molecule has 0 aliphatic heterocycles. The van der Waals surface area contributed by atoms with Gasteiger partial charge in [-0.25, -0.2) is 4.98 Å². The molecule has 4 aromatic rings. The molecule has 0 atom stereocenters. The first-order chi connectivity index (χ1) is 13.9. The van der Waals surface area contributed by atoms with Crippen molar-refractivity contribution in [3.63, 3.8) is 0 Å². The molecule has 4 nitrogen and oxygen atoms in total. The van der Waals surface area contributed by atoms with Crippen molar-refractivity contribution in [1.29, 1.82) is 0 Å². The number of amides is 1. The fraction of sp³-hybridized carbons (Fsp3) is 0.208. The summed E-state index contributed by atoms with van der Waals surface area (Å²) in [4.78, 5) is 24.4. The lowest BCUT2D eigenvalue weighted by Crippen LogP contribution is -2.31. The molecule has 146 valence electrons. The molecule has 0 unspecified atom stereocenters. The molecule has 29 heavy (non-hydrogen) atoms. The van der Waals surface area contributed by atoms with E-state index < -0.39 is 0 Å². The first kappa shape index (κ1) is 19.3. The molecule has 0 radical (unpaired) electrons. The van der Waals surface area contributed by atoms with Gasteiger partial charge in [0.2, 0.25) is 0 Å². The van der Waals surface area contributed by atoms with E-state index >= 15 is 0 Å². The summed E-state index contributed by atoms with van der Waals surface area (Å²) in [6.07, 6.45) is 3.54. The molecule has 5 heteroatoms. The molecule has 0 fully saturated rings. The molecule has 2 aromatic heterocycles. The van der Waals surface area contributed by atoms with Gasteiger partial charge in [-0.05, 0) is 68.1 Å². The molecule has 4 rings (SSSR count). The highest BCUT2D eigenvalue weighted by molar-refractivity contribution is 7.22. The highest BCUT2D eigenvalue weighted by Crippen LogP contribution is 2.33. The van der Waals surface area contributed by atoms with E-state index in [9.17, 15) is 4.79 Å². The van der Waals surface area contributed by atoms with Gasteiger partial charge in [0.05, 0.1) is 16.8 Å². The van der Waals surface area contributed by atoms with Crippen molar-refractivity contribution in [2.45, 2.75) is 34.2 Å². The molecule has 1 amide bonds. The molecule has 0 N–H and O–H groups in total. The van der Waals surface area contributed by atoms with Crippen LogP contribution in [0.4, 0.5) is 5.13 Å². The van der Waals surface area contributed by atoms with E-state index in [1.54, 1.807) is 28.6 Å². The Bertz CT molecular complexity index is 1200. The largest absolute Gasteiger partial charge is 0.279 e.